The van der Waals surface area contributed by atoms with Gasteiger partial charge < -0.3 is 26.2 Å². The molecule has 2 aliphatic rings. The minimum atomic E-state index is -1.57. The van der Waals surface area contributed by atoms with Crippen molar-refractivity contribution in [1.82, 2.24) is 10.6 Å². The Bertz CT molecular complexity index is 1270. The Morgan fingerprint density at radius 1 is 1.18 bits per heavy atom. The molecular weight excluding hydrogens is 551 g/mol. The summed E-state index contributed by atoms with van der Waals surface area (Å²) in [6, 6.07) is 5.12. The number of halogens is 4. The topological polar surface area (TPSA) is 111 Å². The van der Waals surface area contributed by atoms with Crippen molar-refractivity contribution >= 4 is 40.7 Å². The number of carbonyl (C=O) groups is 2. The number of fused-ring (bicyclic) bond motifs is 2. The van der Waals surface area contributed by atoms with E-state index in [2.05, 4.69) is 16.0 Å². The van der Waals surface area contributed by atoms with Crippen LogP contribution in [0.15, 0.2) is 30.3 Å². The molecule has 0 aromatic heterocycles. The summed E-state index contributed by atoms with van der Waals surface area (Å²) in [5, 5.41) is 27.5. The minimum absolute atomic E-state index is 0.0465. The highest BCUT2D eigenvalue weighted by Gasteiger charge is 2.66. The summed E-state index contributed by atoms with van der Waals surface area (Å²) in [4.78, 5) is 27.7. The van der Waals surface area contributed by atoms with E-state index in [4.69, 9.17) is 28.3 Å². The first-order chi connectivity index (χ1) is 18.3. The summed E-state index contributed by atoms with van der Waals surface area (Å²) in [6.07, 6.45) is -0.0655. The fourth-order valence-corrected chi connectivity index (χ4v) is 6.27. The van der Waals surface area contributed by atoms with Gasteiger partial charge >= 0.3 is 0 Å². The van der Waals surface area contributed by atoms with E-state index in [0.717, 1.165) is 0 Å². The number of anilines is 1. The maximum Gasteiger partial charge on any atom is 0.237 e. The van der Waals surface area contributed by atoms with Crippen LogP contribution in [0, 0.1) is 17.0 Å². The lowest BCUT2D eigenvalue weighted by molar-refractivity contribution is -0.124. The van der Waals surface area contributed by atoms with E-state index < -0.39 is 53.0 Å². The zero-order chi connectivity index (χ0) is 28.7. The number of hydrogen-bond donors (Lipinski definition) is 5. The predicted octanol–water partition coefficient (Wildman–Crippen LogP) is 4.27. The van der Waals surface area contributed by atoms with Gasteiger partial charge in [0.15, 0.2) is 0 Å². The number of benzene rings is 2. The van der Waals surface area contributed by atoms with Crippen molar-refractivity contribution in [3.63, 3.8) is 0 Å². The Morgan fingerprint density at radius 3 is 2.56 bits per heavy atom. The average Bonchev–Trinajstić information content (AvgIpc) is 3.30. The molecule has 5 N–H and O–H groups in total. The number of rotatable bonds is 8. The van der Waals surface area contributed by atoms with Gasteiger partial charge in [-0.1, -0.05) is 56.1 Å². The molecule has 212 valence electrons. The van der Waals surface area contributed by atoms with Crippen molar-refractivity contribution in [3.05, 3.63) is 63.1 Å². The molecule has 2 aliphatic heterocycles. The van der Waals surface area contributed by atoms with Crippen molar-refractivity contribution in [2.45, 2.75) is 69.6 Å². The highest BCUT2D eigenvalue weighted by molar-refractivity contribution is 6.31. The Kier molecular flexibility index (Phi) is 8.59. The van der Waals surface area contributed by atoms with Crippen molar-refractivity contribution in [3.8, 4) is 0 Å². The van der Waals surface area contributed by atoms with Crippen LogP contribution in [0.3, 0.4) is 0 Å². The van der Waals surface area contributed by atoms with Crippen LogP contribution in [-0.2, 0) is 15.0 Å². The Morgan fingerprint density at radius 2 is 1.90 bits per heavy atom. The fraction of sp³-hybridized carbons (Fsp3) is 0.500. The molecule has 0 aliphatic carbocycles. The van der Waals surface area contributed by atoms with Crippen LogP contribution in [-0.4, -0.2) is 53.4 Å². The molecule has 5 atom stereocenters. The van der Waals surface area contributed by atoms with E-state index in [1.54, 1.807) is 6.07 Å². The lowest BCUT2D eigenvalue weighted by Gasteiger charge is -2.37. The lowest BCUT2D eigenvalue weighted by atomic mass is 9.62. The van der Waals surface area contributed by atoms with Crippen LogP contribution in [0.2, 0.25) is 10.0 Å². The second kappa shape index (κ2) is 11.3. The first kappa shape index (κ1) is 29.7. The summed E-state index contributed by atoms with van der Waals surface area (Å²) in [6.45, 7) is 5.82. The second-order valence-electron chi connectivity index (χ2n) is 11.5. The number of aliphatic hydroxyl groups excluding tert-OH is 2. The summed E-state index contributed by atoms with van der Waals surface area (Å²) >= 11 is 12.2. The van der Waals surface area contributed by atoms with Gasteiger partial charge in [-0.15, -0.1) is 0 Å². The van der Waals surface area contributed by atoms with Crippen LogP contribution in [0.1, 0.15) is 57.1 Å². The fourth-order valence-electron chi connectivity index (χ4n) is 5.93. The van der Waals surface area contributed by atoms with E-state index in [0.29, 0.717) is 12.1 Å². The Balaban J connectivity index is 1.89. The van der Waals surface area contributed by atoms with Gasteiger partial charge in [0.2, 0.25) is 11.8 Å². The summed E-state index contributed by atoms with van der Waals surface area (Å²) in [7, 11) is 0. The van der Waals surface area contributed by atoms with E-state index in [1.165, 1.54) is 24.3 Å². The number of amides is 2. The zero-order valence-corrected chi connectivity index (χ0v) is 23.5. The third kappa shape index (κ3) is 5.52. The van der Waals surface area contributed by atoms with Crippen molar-refractivity contribution in [1.29, 1.82) is 0 Å². The summed E-state index contributed by atoms with van der Waals surface area (Å²) in [5.74, 6) is -3.63. The van der Waals surface area contributed by atoms with Gasteiger partial charge in [0, 0.05) is 30.8 Å². The van der Waals surface area contributed by atoms with Crippen LogP contribution in [0.5, 0.6) is 0 Å². The maximum absolute atomic E-state index is 15.7. The number of aliphatic hydroxyl groups is 2. The molecule has 39 heavy (non-hydrogen) atoms. The third-order valence-electron chi connectivity index (χ3n) is 7.54. The average molecular weight is 584 g/mol. The van der Waals surface area contributed by atoms with Crippen molar-refractivity contribution in [2.24, 2.45) is 5.41 Å². The van der Waals surface area contributed by atoms with E-state index in [-0.39, 0.29) is 52.6 Å². The van der Waals surface area contributed by atoms with Gasteiger partial charge in [-0.3, -0.25) is 9.59 Å². The molecule has 2 aromatic carbocycles. The zero-order valence-electron chi connectivity index (χ0n) is 22.0. The van der Waals surface area contributed by atoms with Crippen LogP contribution in [0.25, 0.3) is 0 Å². The van der Waals surface area contributed by atoms with Crippen molar-refractivity contribution in [2.75, 3.05) is 18.5 Å². The highest BCUT2D eigenvalue weighted by Crippen LogP contribution is 2.57. The van der Waals surface area contributed by atoms with Gasteiger partial charge in [-0.25, -0.2) is 8.78 Å². The van der Waals surface area contributed by atoms with Gasteiger partial charge in [0.1, 0.15) is 17.0 Å². The van der Waals surface area contributed by atoms with E-state index in [1.807, 2.05) is 20.8 Å². The van der Waals surface area contributed by atoms with Crippen LogP contribution < -0.4 is 16.0 Å². The largest absolute Gasteiger partial charge is 0.396 e. The minimum Gasteiger partial charge on any atom is -0.396 e. The molecule has 1 saturated heterocycles. The first-order valence-electron chi connectivity index (χ1n) is 12.9. The van der Waals surface area contributed by atoms with E-state index >= 15 is 4.39 Å². The SMILES string of the molecule is CC(C)(C)C[C@H]1N[C@@H](C(=O)NCC[C@H](O)CCO)[C@H](c2cccc(Cl)c2F)[C@@]12C(=O)Nc1cc(Cl)c(F)cc12. The smallest absolute Gasteiger partial charge is 0.237 e. The molecule has 0 unspecified atom stereocenters. The summed E-state index contributed by atoms with van der Waals surface area (Å²) < 4.78 is 30.6. The molecule has 7 nitrogen and oxygen atoms in total. The third-order valence-corrected chi connectivity index (χ3v) is 8.12. The maximum atomic E-state index is 15.7. The second-order valence-corrected chi connectivity index (χ2v) is 12.3. The molecule has 0 radical (unpaired) electrons. The predicted molar refractivity (Wildman–Crippen MR) is 146 cm³/mol. The Labute approximate surface area is 236 Å². The highest BCUT2D eigenvalue weighted by atomic mass is 35.5. The Hall–Kier alpha value is -2.30. The molecule has 4 rings (SSSR count). The van der Waals surface area contributed by atoms with E-state index in [9.17, 15) is 19.1 Å². The monoisotopic (exact) mass is 583 g/mol. The number of hydrogen-bond acceptors (Lipinski definition) is 5. The van der Waals surface area contributed by atoms with Crippen molar-refractivity contribution < 1.29 is 28.6 Å². The van der Waals surface area contributed by atoms with Gasteiger partial charge in [0.05, 0.1) is 22.2 Å². The molecule has 11 heteroatoms. The number of carbonyl (C=O) groups excluding carboxylic acids is 2. The standard InChI is InChI=1S/C28H33Cl2F2N3O4/c1-27(2,3)13-21-28(16-11-19(31)18(30)12-20(16)34-26(28)39)22(15-5-4-6-17(29)23(15)32)24(35-21)25(38)33-9-7-14(37)8-10-36/h4-6,11-12,14,21-22,24,35-37H,7-10,13H2,1-3H3,(H,33,38)(H,34,39)/t14-,21+,22-,24+,28-/m0/s1. The van der Waals surface area contributed by atoms with Gasteiger partial charge in [-0.2, -0.15) is 0 Å². The van der Waals surface area contributed by atoms with Crippen LogP contribution in [0.4, 0.5) is 14.5 Å². The van der Waals surface area contributed by atoms with Gasteiger partial charge in [-0.05, 0) is 54.0 Å². The lowest BCUT2D eigenvalue weighted by Crippen LogP contribution is -2.49. The molecular formula is C28H33Cl2F2N3O4. The molecule has 2 heterocycles. The summed E-state index contributed by atoms with van der Waals surface area (Å²) in [5.41, 5.74) is -1.28. The molecule has 0 saturated carbocycles. The molecule has 1 spiro atoms. The molecule has 0 bridgehead atoms. The van der Waals surface area contributed by atoms with Crippen LogP contribution >= 0.6 is 23.2 Å². The first-order valence-corrected chi connectivity index (χ1v) is 13.6. The normalized spacial score (nSPS) is 25.1. The molecule has 1 fully saturated rings. The quantitative estimate of drug-likeness (QED) is 0.319. The number of nitrogens with one attached hydrogen (secondary N) is 3. The molecule has 2 aromatic rings. The van der Waals surface area contributed by atoms with Gasteiger partial charge in [0.25, 0.3) is 0 Å². The molecule has 2 amide bonds.